The SMILES string of the molecule is CC1CC1CN(C)C(=O)C(C(N)=NO)c1ccccc1. The van der Waals surface area contributed by atoms with Crippen LogP contribution < -0.4 is 5.73 Å². The van der Waals surface area contributed by atoms with Gasteiger partial charge in [-0.15, -0.1) is 0 Å². The maximum Gasteiger partial charge on any atom is 0.237 e. The number of carbonyl (C=O) groups is 1. The molecule has 1 fully saturated rings. The molecule has 1 amide bonds. The molecule has 1 saturated carbocycles. The Balaban J connectivity index is 2.16. The first kappa shape index (κ1) is 14.4. The van der Waals surface area contributed by atoms with Crippen LogP contribution in [0.4, 0.5) is 0 Å². The Hall–Kier alpha value is -2.04. The lowest BCUT2D eigenvalue weighted by atomic mass is 9.96. The summed E-state index contributed by atoms with van der Waals surface area (Å²) in [5.41, 5.74) is 6.45. The molecule has 20 heavy (non-hydrogen) atoms. The normalized spacial score (nSPS) is 23.2. The number of likely N-dealkylation sites (N-methyl/N-ethyl adjacent to an activating group) is 1. The Kier molecular flexibility index (Phi) is 4.27. The lowest BCUT2D eigenvalue weighted by Crippen LogP contribution is -2.39. The second-order valence-electron chi connectivity index (χ2n) is 5.56. The fraction of sp³-hybridized carbons (Fsp3) is 0.467. The number of amides is 1. The number of nitrogens with two attached hydrogens (primary N) is 1. The van der Waals surface area contributed by atoms with Crippen molar-refractivity contribution in [2.45, 2.75) is 19.3 Å². The van der Waals surface area contributed by atoms with Crippen LogP contribution in [0.25, 0.3) is 0 Å². The molecule has 1 aliphatic carbocycles. The lowest BCUT2D eigenvalue weighted by molar-refractivity contribution is -0.130. The van der Waals surface area contributed by atoms with Crippen molar-refractivity contribution in [3.63, 3.8) is 0 Å². The minimum atomic E-state index is -0.722. The molecule has 5 heteroatoms. The number of carbonyl (C=O) groups excluding carboxylic acids is 1. The number of hydrogen-bond donors (Lipinski definition) is 2. The van der Waals surface area contributed by atoms with E-state index in [0.717, 1.165) is 18.5 Å². The van der Waals surface area contributed by atoms with Crippen LogP contribution >= 0.6 is 0 Å². The molecule has 1 aromatic rings. The molecule has 2 rings (SSSR count). The molecule has 0 aromatic heterocycles. The standard InChI is InChI=1S/C15H21N3O2/c1-10-8-12(10)9-18(2)15(19)13(14(16)17-20)11-6-4-3-5-7-11/h3-7,10,12-13,20H,8-9H2,1-2H3,(H2,16,17). The average molecular weight is 275 g/mol. The second kappa shape index (κ2) is 5.94. The number of nitrogens with zero attached hydrogens (tertiary/aromatic N) is 2. The van der Waals surface area contributed by atoms with E-state index in [1.165, 1.54) is 0 Å². The fourth-order valence-electron chi connectivity index (χ4n) is 2.46. The van der Waals surface area contributed by atoms with E-state index in [0.29, 0.717) is 11.8 Å². The van der Waals surface area contributed by atoms with E-state index in [1.807, 2.05) is 30.3 Å². The van der Waals surface area contributed by atoms with Crippen LogP contribution in [0.15, 0.2) is 35.5 Å². The fourth-order valence-corrected chi connectivity index (χ4v) is 2.46. The predicted octanol–water partition coefficient (Wildman–Crippen LogP) is 1.63. The van der Waals surface area contributed by atoms with E-state index in [1.54, 1.807) is 11.9 Å². The maximum absolute atomic E-state index is 12.6. The molecule has 0 heterocycles. The number of oxime groups is 1. The molecule has 3 unspecified atom stereocenters. The topological polar surface area (TPSA) is 78.9 Å². The van der Waals surface area contributed by atoms with Gasteiger partial charge in [0.25, 0.3) is 0 Å². The molecule has 1 aliphatic rings. The van der Waals surface area contributed by atoms with Crippen LogP contribution in [-0.2, 0) is 4.79 Å². The molecule has 0 bridgehead atoms. The average Bonchev–Trinajstić information content (AvgIpc) is 3.15. The van der Waals surface area contributed by atoms with E-state index in [-0.39, 0.29) is 11.7 Å². The molecule has 0 aliphatic heterocycles. The van der Waals surface area contributed by atoms with Crippen molar-refractivity contribution in [1.82, 2.24) is 4.90 Å². The zero-order chi connectivity index (χ0) is 14.7. The molecule has 3 atom stereocenters. The van der Waals surface area contributed by atoms with Gasteiger partial charge in [0, 0.05) is 13.6 Å². The third-order valence-corrected chi connectivity index (χ3v) is 3.95. The van der Waals surface area contributed by atoms with Crippen LogP contribution in [0, 0.1) is 11.8 Å². The van der Waals surface area contributed by atoms with E-state index in [4.69, 9.17) is 10.9 Å². The van der Waals surface area contributed by atoms with Gasteiger partial charge < -0.3 is 15.8 Å². The highest BCUT2D eigenvalue weighted by Gasteiger charge is 2.36. The van der Waals surface area contributed by atoms with Gasteiger partial charge in [0.05, 0.1) is 0 Å². The highest BCUT2D eigenvalue weighted by Crippen LogP contribution is 2.38. The quantitative estimate of drug-likeness (QED) is 0.371. The highest BCUT2D eigenvalue weighted by atomic mass is 16.4. The summed E-state index contributed by atoms with van der Waals surface area (Å²) in [6.07, 6.45) is 1.16. The van der Waals surface area contributed by atoms with Crippen LogP contribution in [0.5, 0.6) is 0 Å². The summed E-state index contributed by atoms with van der Waals surface area (Å²) in [5.74, 6) is 0.333. The summed E-state index contributed by atoms with van der Waals surface area (Å²) < 4.78 is 0. The third-order valence-electron chi connectivity index (χ3n) is 3.95. The van der Waals surface area contributed by atoms with Crippen LogP contribution in [-0.4, -0.2) is 35.4 Å². The van der Waals surface area contributed by atoms with Gasteiger partial charge in [0.1, 0.15) is 5.92 Å². The first-order valence-electron chi connectivity index (χ1n) is 6.82. The molecule has 0 saturated heterocycles. The van der Waals surface area contributed by atoms with Crippen molar-refractivity contribution in [1.29, 1.82) is 0 Å². The zero-order valence-corrected chi connectivity index (χ0v) is 11.9. The van der Waals surface area contributed by atoms with E-state index < -0.39 is 5.92 Å². The van der Waals surface area contributed by atoms with Crippen molar-refractivity contribution in [3.8, 4) is 0 Å². The Morgan fingerprint density at radius 1 is 1.50 bits per heavy atom. The second-order valence-corrected chi connectivity index (χ2v) is 5.56. The largest absolute Gasteiger partial charge is 0.409 e. The smallest absolute Gasteiger partial charge is 0.237 e. The summed E-state index contributed by atoms with van der Waals surface area (Å²) in [6, 6.07) is 9.17. The van der Waals surface area contributed by atoms with Crippen LogP contribution in [0.2, 0.25) is 0 Å². The van der Waals surface area contributed by atoms with Crippen LogP contribution in [0.1, 0.15) is 24.8 Å². The highest BCUT2D eigenvalue weighted by molar-refractivity contribution is 6.07. The Bertz CT molecular complexity index is 501. The Morgan fingerprint density at radius 3 is 2.60 bits per heavy atom. The number of amidine groups is 1. The number of hydrogen-bond acceptors (Lipinski definition) is 3. The van der Waals surface area contributed by atoms with Crippen molar-refractivity contribution in [2.75, 3.05) is 13.6 Å². The molecule has 108 valence electrons. The van der Waals surface area contributed by atoms with Gasteiger partial charge in [0.2, 0.25) is 5.91 Å². The first-order chi connectivity index (χ1) is 9.54. The summed E-state index contributed by atoms with van der Waals surface area (Å²) in [5, 5.41) is 12.0. The summed E-state index contributed by atoms with van der Waals surface area (Å²) >= 11 is 0. The van der Waals surface area contributed by atoms with E-state index in [9.17, 15) is 4.79 Å². The molecular formula is C15H21N3O2. The van der Waals surface area contributed by atoms with Gasteiger partial charge in [-0.25, -0.2) is 0 Å². The maximum atomic E-state index is 12.6. The van der Waals surface area contributed by atoms with Gasteiger partial charge in [0.15, 0.2) is 5.84 Å². The minimum absolute atomic E-state index is 0.0723. The van der Waals surface area contributed by atoms with Crippen molar-refractivity contribution in [2.24, 2.45) is 22.7 Å². The van der Waals surface area contributed by atoms with Gasteiger partial charge >= 0.3 is 0 Å². The van der Waals surface area contributed by atoms with Gasteiger partial charge in [-0.3, -0.25) is 4.79 Å². The summed E-state index contributed by atoms with van der Waals surface area (Å²) in [6.45, 7) is 2.91. The van der Waals surface area contributed by atoms with Gasteiger partial charge in [-0.05, 0) is 23.8 Å². The van der Waals surface area contributed by atoms with E-state index >= 15 is 0 Å². The van der Waals surface area contributed by atoms with Crippen molar-refractivity contribution < 1.29 is 10.0 Å². The third kappa shape index (κ3) is 3.10. The molecule has 0 radical (unpaired) electrons. The summed E-state index contributed by atoms with van der Waals surface area (Å²) in [4.78, 5) is 14.3. The molecule has 3 N–H and O–H groups in total. The number of benzene rings is 1. The van der Waals surface area contributed by atoms with E-state index in [2.05, 4.69) is 12.1 Å². The summed E-state index contributed by atoms with van der Waals surface area (Å²) in [7, 11) is 1.77. The Labute approximate surface area is 119 Å². The molecule has 1 aromatic carbocycles. The lowest BCUT2D eigenvalue weighted by Gasteiger charge is -2.23. The first-order valence-corrected chi connectivity index (χ1v) is 6.82. The zero-order valence-electron chi connectivity index (χ0n) is 11.9. The van der Waals surface area contributed by atoms with Crippen LogP contribution in [0.3, 0.4) is 0 Å². The number of rotatable bonds is 5. The Morgan fingerprint density at radius 2 is 2.10 bits per heavy atom. The van der Waals surface area contributed by atoms with Gasteiger partial charge in [-0.2, -0.15) is 0 Å². The van der Waals surface area contributed by atoms with Gasteiger partial charge in [-0.1, -0.05) is 42.4 Å². The predicted molar refractivity (Wildman–Crippen MR) is 77.5 cm³/mol. The monoisotopic (exact) mass is 275 g/mol. The molecule has 5 nitrogen and oxygen atoms in total. The molecule has 0 spiro atoms. The molecular weight excluding hydrogens is 254 g/mol. The van der Waals surface area contributed by atoms with Crippen molar-refractivity contribution >= 4 is 11.7 Å². The van der Waals surface area contributed by atoms with Crippen molar-refractivity contribution in [3.05, 3.63) is 35.9 Å². The minimum Gasteiger partial charge on any atom is -0.409 e.